The number of nitrogens with zero attached hydrogens (tertiary/aromatic N) is 2. The molecule has 0 radical (unpaired) electrons. The normalized spacial score (nSPS) is 10.7. The van der Waals surface area contributed by atoms with Gasteiger partial charge in [-0.05, 0) is 55.2 Å². The molecule has 7 heteroatoms. The predicted octanol–water partition coefficient (Wildman–Crippen LogP) is 5.05. The second-order valence-electron chi connectivity index (χ2n) is 9.10. The zero-order valence-corrected chi connectivity index (χ0v) is 22.4. The summed E-state index contributed by atoms with van der Waals surface area (Å²) in [5.41, 5.74) is 1.96. The van der Waals surface area contributed by atoms with Crippen LogP contribution in [0.15, 0.2) is 65.1 Å². The lowest BCUT2D eigenvalue weighted by molar-refractivity contribution is -0.140. The van der Waals surface area contributed by atoms with Crippen LogP contribution in [0.4, 0.5) is 0 Å². The highest BCUT2D eigenvalue weighted by molar-refractivity contribution is 5.86. The molecule has 0 N–H and O–H groups in total. The molecule has 2 aromatic carbocycles. The summed E-state index contributed by atoms with van der Waals surface area (Å²) in [6.45, 7) is 5.37. The molecule has 3 aromatic rings. The van der Waals surface area contributed by atoms with Gasteiger partial charge in [-0.25, -0.2) is 0 Å². The minimum atomic E-state index is -0.105. The van der Waals surface area contributed by atoms with Gasteiger partial charge in [-0.3, -0.25) is 9.59 Å². The third kappa shape index (κ3) is 8.41. The first-order valence-corrected chi connectivity index (χ1v) is 12.8. The Balaban J connectivity index is 1.74. The van der Waals surface area contributed by atoms with E-state index >= 15 is 0 Å². The molecule has 0 bridgehead atoms. The Morgan fingerprint density at radius 1 is 0.838 bits per heavy atom. The second kappa shape index (κ2) is 14.1. The van der Waals surface area contributed by atoms with E-state index in [9.17, 15) is 9.59 Å². The van der Waals surface area contributed by atoms with Crippen molar-refractivity contribution in [3.63, 3.8) is 0 Å². The average Bonchev–Trinajstić information content (AvgIpc) is 3.33. The van der Waals surface area contributed by atoms with Gasteiger partial charge < -0.3 is 23.7 Å². The summed E-state index contributed by atoms with van der Waals surface area (Å²) in [7, 11) is 3.21. The predicted molar refractivity (Wildman–Crippen MR) is 144 cm³/mol. The molecule has 0 aliphatic carbocycles. The van der Waals surface area contributed by atoms with Crippen LogP contribution in [0.1, 0.15) is 42.4 Å². The summed E-state index contributed by atoms with van der Waals surface area (Å²) < 4.78 is 16.5. The number of rotatable bonds is 14. The van der Waals surface area contributed by atoms with Crippen molar-refractivity contribution in [3.8, 4) is 11.5 Å². The Hall–Kier alpha value is -3.74. The van der Waals surface area contributed by atoms with Crippen molar-refractivity contribution in [1.29, 1.82) is 0 Å². The Bertz CT molecular complexity index is 1140. The fourth-order valence-corrected chi connectivity index (χ4v) is 4.14. The van der Waals surface area contributed by atoms with Crippen molar-refractivity contribution in [2.45, 2.75) is 46.1 Å². The first-order valence-electron chi connectivity index (χ1n) is 12.8. The summed E-state index contributed by atoms with van der Waals surface area (Å²) in [6.07, 6.45) is 2.69. The Morgan fingerprint density at radius 2 is 1.59 bits per heavy atom. The van der Waals surface area contributed by atoms with Gasteiger partial charge >= 0.3 is 0 Å². The molecule has 0 saturated carbocycles. The topological polar surface area (TPSA) is 72.2 Å². The van der Waals surface area contributed by atoms with Crippen LogP contribution in [0.2, 0.25) is 0 Å². The Morgan fingerprint density at radius 3 is 2.24 bits per heavy atom. The van der Waals surface area contributed by atoms with Crippen LogP contribution in [0, 0.1) is 6.92 Å². The fourth-order valence-electron chi connectivity index (χ4n) is 4.14. The minimum absolute atomic E-state index is 0.0390. The number of amides is 2. The molecular weight excluding hydrogens is 468 g/mol. The zero-order valence-electron chi connectivity index (χ0n) is 22.4. The summed E-state index contributed by atoms with van der Waals surface area (Å²) >= 11 is 0. The van der Waals surface area contributed by atoms with Crippen molar-refractivity contribution in [1.82, 2.24) is 9.80 Å². The van der Waals surface area contributed by atoms with Crippen LogP contribution in [-0.2, 0) is 29.0 Å². The molecule has 0 aliphatic heterocycles. The maximum Gasteiger partial charge on any atom is 0.242 e. The van der Waals surface area contributed by atoms with Gasteiger partial charge in [-0.2, -0.15) is 0 Å². The summed E-state index contributed by atoms with van der Waals surface area (Å²) in [5.74, 6) is 2.68. The minimum Gasteiger partial charge on any atom is -0.493 e. The van der Waals surface area contributed by atoms with E-state index < -0.39 is 0 Å². The molecule has 37 heavy (non-hydrogen) atoms. The van der Waals surface area contributed by atoms with Gasteiger partial charge in [0, 0.05) is 13.1 Å². The molecule has 0 atom stereocenters. The van der Waals surface area contributed by atoms with Crippen molar-refractivity contribution >= 4 is 11.8 Å². The van der Waals surface area contributed by atoms with Crippen LogP contribution in [0.25, 0.3) is 0 Å². The molecule has 0 spiro atoms. The van der Waals surface area contributed by atoms with Gasteiger partial charge in [-0.15, -0.1) is 0 Å². The van der Waals surface area contributed by atoms with Gasteiger partial charge in [-0.1, -0.05) is 49.7 Å². The number of carbonyl (C=O) groups is 2. The van der Waals surface area contributed by atoms with Gasteiger partial charge in [0.2, 0.25) is 11.8 Å². The van der Waals surface area contributed by atoms with Crippen molar-refractivity contribution in [3.05, 3.63) is 83.3 Å². The van der Waals surface area contributed by atoms with Crippen LogP contribution < -0.4 is 9.47 Å². The third-order valence-electron chi connectivity index (χ3n) is 6.27. The molecule has 198 valence electrons. The van der Waals surface area contributed by atoms with E-state index in [1.165, 1.54) is 0 Å². The standard InChI is InChI=1S/C30H38N2O5/c1-5-6-17-31(29(33)20-24-10-8-7-9-11-24)22-30(34)32(21-26-14-12-23(2)37-26)18-16-25-13-15-27(35-3)28(19-25)36-4/h7-15,19H,5-6,16-18,20-22H2,1-4H3. The smallest absolute Gasteiger partial charge is 0.242 e. The van der Waals surface area contributed by atoms with Gasteiger partial charge in [0.25, 0.3) is 0 Å². The van der Waals surface area contributed by atoms with Crippen molar-refractivity contribution < 1.29 is 23.5 Å². The summed E-state index contributed by atoms with van der Waals surface area (Å²) in [6, 6.07) is 19.2. The fraction of sp³-hybridized carbons (Fsp3) is 0.400. The van der Waals surface area contributed by atoms with Crippen molar-refractivity contribution in [2.24, 2.45) is 0 Å². The molecule has 0 fully saturated rings. The lowest BCUT2D eigenvalue weighted by Gasteiger charge is -2.27. The molecule has 7 nitrogen and oxygen atoms in total. The number of hydrogen-bond donors (Lipinski definition) is 0. The van der Waals surface area contributed by atoms with Crippen LogP contribution in [0.3, 0.4) is 0 Å². The van der Waals surface area contributed by atoms with E-state index in [1.54, 1.807) is 24.0 Å². The van der Waals surface area contributed by atoms with E-state index in [0.29, 0.717) is 43.3 Å². The molecule has 1 aromatic heterocycles. The molecule has 0 aliphatic rings. The molecule has 3 rings (SSSR count). The number of methoxy groups -OCH3 is 2. The highest BCUT2D eigenvalue weighted by Crippen LogP contribution is 2.28. The molecule has 2 amide bonds. The first-order chi connectivity index (χ1) is 17.9. The molecule has 1 heterocycles. The van der Waals surface area contributed by atoms with E-state index in [2.05, 4.69) is 6.92 Å². The van der Waals surface area contributed by atoms with E-state index in [1.807, 2.05) is 67.6 Å². The molecule has 0 unspecified atom stereocenters. The maximum atomic E-state index is 13.6. The van der Waals surface area contributed by atoms with Gasteiger partial charge in [0.05, 0.1) is 33.7 Å². The zero-order chi connectivity index (χ0) is 26.6. The largest absolute Gasteiger partial charge is 0.493 e. The third-order valence-corrected chi connectivity index (χ3v) is 6.27. The van der Waals surface area contributed by atoms with Gasteiger partial charge in [0.1, 0.15) is 11.5 Å². The van der Waals surface area contributed by atoms with Crippen molar-refractivity contribution in [2.75, 3.05) is 33.9 Å². The number of furan rings is 1. The molecular formula is C30H38N2O5. The highest BCUT2D eigenvalue weighted by Gasteiger charge is 2.22. The highest BCUT2D eigenvalue weighted by atomic mass is 16.5. The SMILES string of the molecule is CCCCN(CC(=O)N(CCc1ccc(OC)c(OC)c1)Cc1ccc(C)o1)C(=O)Cc1ccccc1. The number of benzene rings is 2. The second-order valence-corrected chi connectivity index (χ2v) is 9.10. The maximum absolute atomic E-state index is 13.6. The number of unbranched alkanes of at least 4 members (excludes halogenated alkanes) is 1. The number of aryl methyl sites for hydroxylation is 1. The summed E-state index contributed by atoms with van der Waals surface area (Å²) in [4.78, 5) is 30.2. The number of ether oxygens (including phenoxy) is 2. The Kier molecular flexibility index (Phi) is 10.6. The van der Waals surface area contributed by atoms with E-state index in [-0.39, 0.29) is 24.8 Å². The summed E-state index contributed by atoms with van der Waals surface area (Å²) in [5, 5.41) is 0. The van der Waals surface area contributed by atoms with Crippen LogP contribution in [0.5, 0.6) is 11.5 Å². The Labute approximate surface area is 220 Å². The first kappa shape index (κ1) is 27.8. The van der Waals surface area contributed by atoms with E-state index in [4.69, 9.17) is 13.9 Å². The molecule has 0 saturated heterocycles. The monoisotopic (exact) mass is 506 g/mol. The quantitative estimate of drug-likeness (QED) is 0.306. The van der Waals surface area contributed by atoms with Crippen LogP contribution >= 0.6 is 0 Å². The van der Waals surface area contributed by atoms with Gasteiger partial charge in [0.15, 0.2) is 11.5 Å². The van der Waals surface area contributed by atoms with E-state index in [0.717, 1.165) is 29.7 Å². The van der Waals surface area contributed by atoms with Crippen LogP contribution in [-0.4, -0.2) is 55.5 Å². The lowest BCUT2D eigenvalue weighted by atomic mass is 10.1. The average molecular weight is 507 g/mol. The number of carbonyl (C=O) groups excluding carboxylic acids is 2. The number of hydrogen-bond acceptors (Lipinski definition) is 5. The lowest BCUT2D eigenvalue weighted by Crippen LogP contribution is -2.44.